The van der Waals surface area contributed by atoms with Crippen LogP contribution in [0.4, 0.5) is 0 Å². The van der Waals surface area contributed by atoms with Crippen LogP contribution >= 0.6 is 0 Å². The van der Waals surface area contributed by atoms with Gasteiger partial charge < -0.3 is 14.8 Å². The minimum Gasteiger partial charge on any atom is -0.482 e. The van der Waals surface area contributed by atoms with Crippen LogP contribution < -0.4 is 10.1 Å². The number of aldehydes is 1. The second-order valence-corrected chi connectivity index (χ2v) is 6.06. The molecule has 0 heterocycles. The zero-order chi connectivity index (χ0) is 20.4. The van der Waals surface area contributed by atoms with E-state index >= 15 is 0 Å². The molecule has 1 atom stereocenters. The minimum absolute atomic E-state index is 0.189. The lowest BCUT2D eigenvalue weighted by atomic mass is 10.0. The van der Waals surface area contributed by atoms with E-state index < -0.39 is 24.5 Å². The van der Waals surface area contributed by atoms with Crippen molar-refractivity contribution in [2.24, 2.45) is 0 Å². The molecule has 0 aliphatic rings. The highest BCUT2D eigenvalue weighted by atomic mass is 16.6. The van der Waals surface area contributed by atoms with Crippen molar-refractivity contribution in [3.05, 3.63) is 65.7 Å². The van der Waals surface area contributed by atoms with E-state index in [1.54, 1.807) is 24.3 Å². The van der Waals surface area contributed by atoms with Crippen LogP contribution in [0.5, 0.6) is 5.75 Å². The number of amides is 1. The molecule has 0 aliphatic carbocycles. The Morgan fingerprint density at radius 3 is 2.29 bits per heavy atom. The molecule has 2 aromatic carbocycles. The molecule has 2 aromatic rings. The first-order valence-electron chi connectivity index (χ1n) is 8.65. The summed E-state index contributed by atoms with van der Waals surface area (Å²) in [6.45, 7) is 0.502. The number of nitrogens with one attached hydrogen (secondary N) is 1. The fourth-order valence-corrected chi connectivity index (χ4v) is 2.35. The fraction of sp³-hybridized carbons (Fsp3) is 0.238. The Kier molecular flexibility index (Phi) is 7.90. The molecule has 1 amide bonds. The molecule has 0 aliphatic heterocycles. The second kappa shape index (κ2) is 10.6. The smallest absolute Gasteiger partial charge is 0.344 e. The van der Waals surface area contributed by atoms with E-state index in [-0.39, 0.29) is 12.4 Å². The number of rotatable bonds is 10. The van der Waals surface area contributed by atoms with Crippen LogP contribution in [0.1, 0.15) is 22.8 Å². The first-order chi connectivity index (χ1) is 13.5. The van der Waals surface area contributed by atoms with Crippen LogP contribution in [0.25, 0.3) is 0 Å². The highest BCUT2D eigenvalue weighted by Crippen LogP contribution is 2.11. The van der Waals surface area contributed by atoms with Crippen molar-refractivity contribution in [2.75, 3.05) is 13.2 Å². The van der Waals surface area contributed by atoms with Crippen LogP contribution in [0, 0.1) is 0 Å². The molecule has 7 nitrogen and oxygen atoms in total. The van der Waals surface area contributed by atoms with E-state index in [0.717, 1.165) is 5.56 Å². The van der Waals surface area contributed by atoms with Gasteiger partial charge in [0, 0.05) is 5.56 Å². The number of Topliss-reactive ketones (excluding diaryl/α,β-unsaturated/α-hetero) is 1. The molecule has 0 fully saturated rings. The average molecular weight is 383 g/mol. The Morgan fingerprint density at radius 1 is 1.00 bits per heavy atom. The summed E-state index contributed by atoms with van der Waals surface area (Å²) < 4.78 is 10.1. The molecule has 0 aromatic heterocycles. The average Bonchev–Trinajstić information content (AvgIpc) is 2.71. The van der Waals surface area contributed by atoms with Crippen LogP contribution in [-0.4, -0.2) is 43.2 Å². The van der Waals surface area contributed by atoms with Gasteiger partial charge in [-0.25, -0.2) is 4.79 Å². The molecule has 0 bridgehead atoms. The largest absolute Gasteiger partial charge is 0.482 e. The number of benzene rings is 2. The van der Waals surface area contributed by atoms with Gasteiger partial charge >= 0.3 is 5.97 Å². The van der Waals surface area contributed by atoms with E-state index in [4.69, 9.17) is 9.47 Å². The third-order valence-electron chi connectivity index (χ3n) is 3.85. The van der Waals surface area contributed by atoms with Crippen LogP contribution in [0.15, 0.2) is 54.6 Å². The zero-order valence-corrected chi connectivity index (χ0v) is 15.4. The van der Waals surface area contributed by atoms with E-state index in [2.05, 4.69) is 5.32 Å². The Morgan fingerprint density at radius 2 is 1.68 bits per heavy atom. The molecular formula is C21H21NO6. The molecular weight excluding hydrogens is 362 g/mol. The summed E-state index contributed by atoms with van der Waals surface area (Å²) in [7, 11) is 0. The van der Waals surface area contributed by atoms with Gasteiger partial charge in [-0.2, -0.15) is 0 Å². The van der Waals surface area contributed by atoms with Gasteiger partial charge in [-0.05, 0) is 43.2 Å². The lowest BCUT2D eigenvalue weighted by molar-refractivity contribution is -0.150. The van der Waals surface area contributed by atoms with Crippen molar-refractivity contribution < 1.29 is 28.7 Å². The highest BCUT2D eigenvalue weighted by molar-refractivity contribution is 5.89. The maximum Gasteiger partial charge on any atom is 0.344 e. The van der Waals surface area contributed by atoms with E-state index in [0.29, 0.717) is 24.0 Å². The lowest BCUT2D eigenvalue weighted by Gasteiger charge is -2.16. The van der Waals surface area contributed by atoms with Gasteiger partial charge in [0.25, 0.3) is 5.91 Å². The Bertz CT molecular complexity index is 817. The van der Waals surface area contributed by atoms with Crippen LogP contribution in [-0.2, 0) is 25.5 Å². The monoisotopic (exact) mass is 383 g/mol. The minimum atomic E-state index is -0.725. The lowest BCUT2D eigenvalue weighted by Crippen LogP contribution is -2.43. The van der Waals surface area contributed by atoms with Crippen LogP contribution in [0.3, 0.4) is 0 Å². The summed E-state index contributed by atoms with van der Waals surface area (Å²) in [6.07, 6.45) is 1.05. The number of carbonyl (C=O) groups excluding carboxylic acids is 4. The number of ether oxygens (including phenoxy) is 2. The maximum absolute atomic E-state index is 12.0. The van der Waals surface area contributed by atoms with Crippen molar-refractivity contribution >= 4 is 23.9 Å². The third-order valence-corrected chi connectivity index (χ3v) is 3.85. The SMILES string of the molecule is CC(=O)[C@@H](Cc1ccccc1)NC(=O)COC(=O)COc1ccc(C=O)cc1. The van der Waals surface area contributed by atoms with E-state index in [9.17, 15) is 19.2 Å². The van der Waals surface area contributed by atoms with Crippen molar-refractivity contribution in [2.45, 2.75) is 19.4 Å². The summed E-state index contributed by atoms with van der Waals surface area (Å²) >= 11 is 0. The topological polar surface area (TPSA) is 98.8 Å². The normalized spacial score (nSPS) is 11.2. The molecule has 0 radical (unpaired) electrons. The van der Waals surface area contributed by atoms with Crippen molar-refractivity contribution in [1.82, 2.24) is 5.32 Å². The first kappa shape index (κ1) is 20.8. The van der Waals surface area contributed by atoms with E-state index in [1.807, 2.05) is 30.3 Å². The summed E-state index contributed by atoms with van der Waals surface area (Å²) in [5.41, 5.74) is 1.40. The number of esters is 1. The second-order valence-electron chi connectivity index (χ2n) is 6.06. The highest BCUT2D eigenvalue weighted by Gasteiger charge is 2.18. The number of ketones is 1. The molecule has 146 valence electrons. The number of carbonyl (C=O) groups is 4. The molecule has 0 spiro atoms. The molecule has 28 heavy (non-hydrogen) atoms. The van der Waals surface area contributed by atoms with Gasteiger partial charge in [0.15, 0.2) is 19.0 Å². The van der Waals surface area contributed by atoms with Crippen LogP contribution in [0.2, 0.25) is 0 Å². The molecule has 7 heteroatoms. The van der Waals surface area contributed by atoms with Gasteiger partial charge in [-0.15, -0.1) is 0 Å². The molecule has 1 N–H and O–H groups in total. The van der Waals surface area contributed by atoms with Gasteiger partial charge in [0.2, 0.25) is 0 Å². The standard InChI is InChI=1S/C21H21NO6/c1-15(24)19(11-16-5-3-2-4-6-16)22-20(25)13-28-21(26)14-27-18-9-7-17(12-23)8-10-18/h2-10,12,19H,11,13-14H2,1H3,(H,22,25)/t19-/m1/s1. The van der Waals surface area contributed by atoms with Gasteiger partial charge in [-0.1, -0.05) is 30.3 Å². The molecule has 0 unspecified atom stereocenters. The summed E-state index contributed by atoms with van der Waals surface area (Å²) in [5.74, 6) is -1.09. The number of hydrogen-bond donors (Lipinski definition) is 1. The van der Waals surface area contributed by atoms with Gasteiger partial charge in [0.1, 0.15) is 12.0 Å². The molecule has 0 saturated heterocycles. The first-order valence-corrected chi connectivity index (χ1v) is 8.65. The van der Waals surface area contributed by atoms with Crippen molar-refractivity contribution in [3.63, 3.8) is 0 Å². The number of hydrogen-bond acceptors (Lipinski definition) is 6. The zero-order valence-electron chi connectivity index (χ0n) is 15.4. The fourth-order valence-electron chi connectivity index (χ4n) is 2.35. The molecule has 2 rings (SSSR count). The van der Waals surface area contributed by atoms with Gasteiger partial charge in [0.05, 0.1) is 6.04 Å². The molecule has 0 saturated carbocycles. The predicted molar refractivity (Wildman–Crippen MR) is 101 cm³/mol. The van der Waals surface area contributed by atoms with Crippen molar-refractivity contribution in [3.8, 4) is 5.75 Å². The Hall–Kier alpha value is -3.48. The predicted octanol–water partition coefficient (Wildman–Crippen LogP) is 1.74. The van der Waals surface area contributed by atoms with Crippen molar-refractivity contribution in [1.29, 1.82) is 0 Å². The summed E-state index contributed by atoms with van der Waals surface area (Å²) in [5, 5.41) is 2.57. The summed E-state index contributed by atoms with van der Waals surface area (Å²) in [6, 6.07) is 14.8. The van der Waals surface area contributed by atoms with Gasteiger partial charge in [-0.3, -0.25) is 14.4 Å². The Labute approximate surface area is 162 Å². The maximum atomic E-state index is 12.0. The quantitative estimate of drug-likeness (QED) is 0.496. The summed E-state index contributed by atoms with van der Waals surface area (Å²) in [4.78, 5) is 46.0. The third kappa shape index (κ3) is 7.03. The Balaban J connectivity index is 1.75. The van der Waals surface area contributed by atoms with E-state index in [1.165, 1.54) is 6.92 Å².